The summed E-state index contributed by atoms with van der Waals surface area (Å²) in [7, 11) is 0. The maximum absolute atomic E-state index is 13.4. The molecule has 0 bridgehead atoms. The molecule has 1 fully saturated rings. The lowest BCUT2D eigenvalue weighted by atomic mass is 10.2. The fraction of sp³-hybridized carbons (Fsp3) is 0.417. The zero-order chi connectivity index (χ0) is 12.3. The quantitative estimate of drug-likeness (QED) is 0.871. The second-order valence-corrected chi connectivity index (χ2v) is 5.00. The van der Waals surface area contributed by atoms with E-state index in [1.165, 1.54) is 12.1 Å². The molecule has 17 heavy (non-hydrogen) atoms. The van der Waals surface area contributed by atoms with E-state index in [0.717, 1.165) is 25.7 Å². The Balaban J connectivity index is 1.96. The topological polar surface area (TPSA) is 38.3 Å². The number of amides is 1. The van der Waals surface area contributed by atoms with E-state index in [2.05, 4.69) is 21.4 Å². The van der Waals surface area contributed by atoms with Gasteiger partial charge in [-0.3, -0.25) is 9.63 Å². The van der Waals surface area contributed by atoms with Crippen LogP contribution in [0, 0.1) is 5.82 Å². The van der Waals surface area contributed by atoms with E-state index in [1.54, 1.807) is 6.07 Å². The summed E-state index contributed by atoms with van der Waals surface area (Å²) in [6.45, 7) is 0. The number of hydrogen-bond donors (Lipinski definition) is 1. The molecule has 1 aromatic carbocycles. The van der Waals surface area contributed by atoms with Crippen LogP contribution in [0.25, 0.3) is 0 Å². The number of hydrogen-bond acceptors (Lipinski definition) is 2. The first-order valence-corrected chi connectivity index (χ1v) is 6.37. The molecule has 1 N–H and O–H groups in total. The Morgan fingerprint density at radius 3 is 2.82 bits per heavy atom. The van der Waals surface area contributed by atoms with E-state index in [0.29, 0.717) is 4.47 Å². The number of carbonyl (C=O) groups is 1. The summed E-state index contributed by atoms with van der Waals surface area (Å²) >= 11 is 3.19. The number of rotatable bonds is 3. The summed E-state index contributed by atoms with van der Waals surface area (Å²) in [4.78, 5) is 16.9. The van der Waals surface area contributed by atoms with Crippen molar-refractivity contribution in [3.8, 4) is 0 Å². The van der Waals surface area contributed by atoms with Crippen LogP contribution in [-0.2, 0) is 4.84 Å². The van der Waals surface area contributed by atoms with Crippen LogP contribution in [0.1, 0.15) is 36.0 Å². The number of halogens is 2. The van der Waals surface area contributed by atoms with Crippen molar-refractivity contribution in [3.63, 3.8) is 0 Å². The maximum Gasteiger partial charge on any atom is 0.277 e. The molecule has 1 aliphatic carbocycles. The van der Waals surface area contributed by atoms with Crippen molar-refractivity contribution in [2.75, 3.05) is 0 Å². The van der Waals surface area contributed by atoms with Gasteiger partial charge in [-0.25, -0.2) is 9.87 Å². The van der Waals surface area contributed by atoms with Gasteiger partial charge >= 0.3 is 0 Å². The summed E-state index contributed by atoms with van der Waals surface area (Å²) < 4.78 is 14.0. The Morgan fingerprint density at radius 2 is 2.12 bits per heavy atom. The number of hydroxylamine groups is 1. The van der Waals surface area contributed by atoms with Crippen LogP contribution in [0.2, 0.25) is 0 Å². The van der Waals surface area contributed by atoms with Crippen LogP contribution in [0.3, 0.4) is 0 Å². The van der Waals surface area contributed by atoms with E-state index in [1.807, 2.05) is 0 Å². The molecule has 0 atom stereocenters. The van der Waals surface area contributed by atoms with Crippen molar-refractivity contribution < 1.29 is 14.0 Å². The van der Waals surface area contributed by atoms with Crippen LogP contribution in [0.4, 0.5) is 4.39 Å². The SMILES string of the molecule is O=C(NOC1CCCC1)c1cc(Br)ccc1F. The van der Waals surface area contributed by atoms with Gasteiger partial charge in [-0.05, 0) is 31.0 Å². The Labute approximate surface area is 107 Å². The van der Waals surface area contributed by atoms with Gasteiger partial charge in [-0.2, -0.15) is 0 Å². The monoisotopic (exact) mass is 301 g/mol. The molecule has 2 rings (SSSR count). The zero-order valence-electron chi connectivity index (χ0n) is 9.21. The highest BCUT2D eigenvalue weighted by Gasteiger charge is 2.18. The molecule has 0 saturated heterocycles. The Bertz CT molecular complexity index is 419. The molecule has 1 aliphatic rings. The summed E-state index contributed by atoms with van der Waals surface area (Å²) in [5.41, 5.74) is 2.29. The van der Waals surface area contributed by atoms with Crippen molar-refractivity contribution in [1.29, 1.82) is 0 Å². The van der Waals surface area contributed by atoms with Crippen LogP contribution >= 0.6 is 15.9 Å². The molecule has 5 heteroatoms. The minimum atomic E-state index is -0.555. The van der Waals surface area contributed by atoms with Gasteiger partial charge in [0.15, 0.2) is 0 Å². The smallest absolute Gasteiger partial charge is 0.270 e. The highest BCUT2D eigenvalue weighted by atomic mass is 79.9. The minimum Gasteiger partial charge on any atom is -0.270 e. The lowest BCUT2D eigenvalue weighted by Crippen LogP contribution is -2.29. The van der Waals surface area contributed by atoms with Crippen molar-refractivity contribution in [2.45, 2.75) is 31.8 Å². The summed E-state index contributed by atoms with van der Waals surface area (Å²) in [6, 6.07) is 4.22. The fourth-order valence-corrected chi connectivity index (χ4v) is 2.23. The Hall–Kier alpha value is -0.940. The highest BCUT2D eigenvalue weighted by molar-refractivity contribution is 9.10. The standard InChI is InChI=1S/C12H13BrFNO2/c13-8-5-6-11(14)10(7-8)12(16)15-17-9-3-1-2-4-9/h5-7,9H,1-4H2,(H,15,16). The molecule has 1 saturated carbocycles. The van der Waals surface area contributed by atoms with Crippen LogP contribution in [-0.4, -0.2) is 12.0 Å². The molecule has 0 radical (unpaired) electrons. The van der Waals surface area contributed by atoms with Gasteiger partial charge in [0.1, 0.15) is 5.82 Å². The summed E-state index contributed by atoms with van der Waals surface area (Å²) in [5.74, 6) is -1.10. The second kappa shape index (κ2) is 5.60. The summed E-state index contributed by atoms with van der Waals surface area (Å²) in [5, 5.41) is 0. The van der Waals surface area contributed by atoms with Gasteiger partial charge < -0.3 is 0 Å². The zero-order valence-corrected chi connectivity index (χ0v) is 10.8. The average Bonchev–Trinajstić information content (AvgIpc) is 2.82. The van der Waals surface area contributed by atoms with Crippen LogP contribution in [0.5, 0.6) is 0 Å². The first-order chi connectivity index (χ1) is 8.16. The normalized spacial score (nSPS) is 16.1. The molecule has 0 heterocycles. The molecule has 92 valence electrons. The van der Waals surface area contributed by atoms with Crippen molar-refractivity contribution in [2.24, 2.45) is 0 Å². The molecule has 3 nitrogen and oxygen atoms in total. The largest absolute Gasteiger partial charge is 0.277 e. The van der Waals surface area contributed by atoms with Gasteiger partial charge in [0.2, 0.25) is 0 Å². The number of benzene rings is 1. The van der Waals surface area contributed by atoms with Crippen molar-refractivity contribution in [1.82, 2.24) is 5.48 Å². The van der Waals surface area contributed by atoms with Crippen molar-refractivity contribution >= 4 is 21.8 Å². The lowest BCUT2D eigenvalue weighted by Gasteiger charge is -2.11. The average molecular weight is 302 g/mol. The number of nitrogens with one attached hydrogen (secondary N) is 1. The van der Waals surface area contributed by atoms with Gasteiger partial charge in [-0.15, -0.1) is 0 Å². The Morgan fingerprint density at radius 1 is 1.41 bits per heavy atom. The van der Waals surface area contributed by atoms with Crippen LogP contribution < -0.4 is 5.48 Å². The summed E-state index contributed by atoms with van der Waals surface area (Å²) in [6.07, 6.45) is 4.19. The molecule has 0 aromatic heterocycles. The molecule has 1 amide bonds. The molecular formula is C12H13BrFNO2. The predicted molar refractivity (Wildman–Crippen MR) is 64.9 cm³/mol. The first kappa shape index (κ1) is 12.5. The van der Waals surface area contributed by atoms with Gasteiger partial charge in [0.05, 0.1) is 11.7 Å². The van der Waals surface area contributed by atoms with E-state index in [9.17, 15) is 9.18 Å². The molecular weight excluding hydrogens is 289 g/mol. The van der Waals surface area contributed by atoms with Gasteiger partial charge in [0, 0.05) is 4.47 Å². The van der Waals surface area contributed by atoms with Crippen LogP contribution in [0.15, 0.2) is 22.7 Å². The van der Waals surface area contributed by atoms with E-state index in [4.69, 9.17) is 4.84 Å². The second-order valence-electron chi connectivity index (χ2n) is 4.08. The van der Waals surface area contributed by atoms with Crippen molar-refractivity contribution in [3.05, 3.63) is 34.1 Å². The molecule has 0 unspecified atom stereocenters. The number of carbonyl (C=O) groups excluding carboxylic acids is 1. The molecule has 0 spiro atoms. The maximum atomic E-state index is 13.4. The predicted octanol–water partition coefficient (Wildman–Crippen LogP) is 3.19. The van der Waals surface area contributed by atoms with E-state index in [-0.39, 0.29) is 11.7 Å². The highest BCUT2D eigenvalue weighted by Crippen LogP contribution is 2.20. The fourth-order valence-electron chi connectivity index (χ4n) is 1.87. The molecule has 0 aliphatic heterocycles. The van der Waals surface area contributed by atoms with E-state index >= 15 is 0 Å². The third kappa shape index (κ3) is 3.26. The Kier molecular flexibility index (Phi) is 4.12. The first-order valence-electron chi connectivity index (χ1n) is 5.58. The molecule has 1 aromatic rings. The third-order valence-corrected chi connectivity index (χ3v) is 3.29. The van der Waals surface area contributed by atoms with Gasteiger partial charge in [-0.1, -0.05) is 28.8 Å². The van der Waals surface area contributed by atoms with Gasteiger partial charge in [0.25, 0.3) is 5.91 Å². The lowest BCUT2D eigenvalue weighted by molar-refractivity contribution is -0.0127. The third-order valence-electron chi connectivity index (χ3n) is 2.79. The van der Waals surface area contributed by atoms with E-state index < -0.39 is 11.7 Å². The minimum absolute atomic E-state index is 0.0163.